The van der Waals surface area contributed by atoms with Gasteiger partial charge in [-0.2, -0.15) is 0 Å². The third-order valence-electron chi connectivity index (χ3n) is 4.72. The van der Waals surface area contributed by atoms with Gasteiger partial charge in [0.05, 0.1) is 23.5 Å². The third-order valence-corrected chi connectivity index (χ3v) is 6.45. The fourth-order valence-electron chi connectivity index (χ4n) is 3.18. The molecule has 32 heavy (non-hydrogen) atoms. The number of para-hydroxylation sites is 1. The first kappa shape index (κ1) is 26.3. The first-order valence-corrected chi connectivity index (χ1v) is 12.9. The van der Waals surface area contributed by atoms with Gasteiger partial charge in [0.2, 0.25) is 15.9 Å². The zero-order valence-electron chi connectivity index (χ0n) is 18.8. The maximum absolute atomic E-state index is 12.2. The predicted octanol–water partition coefficient (Wildman–Crippen LogP) is 5.03. The second kappa shape index (κ2) is 11.3. The van der Waals surface area contributed by atoms with E-state index in [2.05, 4.69) is 26.1 Å². The minimum atomic E-state index is -3.58. The molecule has 0 saturated carbocycles. The maximum atomic E-state index is 12.2. The van der Waals surface area contributed by atoms with Crippen LogP contribution in [0.25, 0.3) is 0 Å². The zero-order chi connectivity index (χ0) is 23.9. The highest BCUT2D eigenvalue weighted by Gasteiger charge is 2.21. The fraction of sp³-hybridized carbons (Fsp3) is 0.435. The molecular formula is C23H30Cl2N2O4S. The van der Waals surface area contributed by atoms with Crippen molar-refractivity contribution in [2.24, 2.45) is 0 Å². The predicted molar refractivity (Wildman–Crippen MR) is 132 cm³/mol. The van der Waals surface area contributed by atoms with E-state index in [0.29, 0.717) is 30.3 Å². The summed E-state index contributed by atoms with van der Waals surface area (Å²) in [6, 6.07) is 12.5. The molecule has 2 rings (SSSR count). The molecule has 0 aliphatic heterocycles. The molecule has 2 aromatic rings. The molecule has 0 spiro atoms. The quantitative estimate of drug-likeness (QED) is 0.464. The molecule has 176 valence electrons. The Hall–Kier alpha value is -1.96. The Morgan fingerprint density at radius 2 is 1.81 bits per heavy atom. The molecule has 0 atom stereocenters. The lowest BCUT2D eigenvalue weighted by atomic mass is 9.86. The van der Waals surface area contributed by atoms with Crippen LogP contribution in [-0.4, -0.2) is 40.3 Å². The zero-order valence-corrected chi connectivity index (χ0v) is 21.1. The van der Waals surface area contributed by atoms with Crippen LogP contribution in [0.15, 0.2) is 42.5 Å². The van der Waals surface area contributed by atoms with Gasteiger partial charge < -0.3 is 10.1 Å². The van der Waals surface area contributed by atoms with E-state index in [9.17, 15) is 13.2 Å². The van der Waals surface area contributed by atoms with E-state index in [1.807, 2.05) is 24.3 Å². The lowest BCUT2D eigenvalue weighted by Gasteiger charge is -2.23. The largest absolute Gasteiger partial charge is 0.491 e. The second-order valence-electron chi connectivity index (χ2n) is 8.48. The molecule has 0 aliphatic carbocycles. The summed E-state index contributed by atoms with van der Waals surface area (Å²) < 4.78 is 31.5. The molecule has 6 nitrogen and oxygen atoms in total. The Morgan fingerprint density at radius 1 is 1.12 bits per heavy atom. The second-order valence-corrected chi connectivity index (χ2v) is 11.2. The van der Waals surface area contributed by atoms with E-state index in [4.69, 9.17) is 27.9 Å². The molecule has 0 fully saturated rings. The van der Waals surface area contributed by atoms with Crippen LogP contribution in [0.3, 0.4) is 0 Å². The van der Waals surface area contributed by atoms with Gasteiger partial charge in [0.15, 0.2) is 0 Å². The van der Waals surface area contributed by atoms with Crippen LogP contribution in [0, 0.1) is 0 Å². The summed E-state index contributed by atoms with van der Waals surface area (Å²) >= 11 is 12.1. The minimum absolute atomic E-state index is 0.0444. The molecule has 0 heterocycles. The number of sulfonamides is 1. The summed E-state index contributed by atoms with van der Waals surface area (Å²) in [6.07, 6.45) is 1.59. The number of benzene rings is 2. The highest BCUT2D eigenvalue weighted by molar-refractivity contribution is 7.92. The van der Waals surface area contributed by atoms with E-state index in [1.54, 1.807) is 12.1 Å². The van der Waals surface area contributed by atoms with Crippen LogP contribution in [0.5, 0.6) is 5.75 Å². The molecule has 9 heteroatoms. The van der Waals surface area contributed by atoms with E-state index in [1.165, 1.54) is 10.4 Å². The van der Waals surface area contributed by atoms with Crippen molar-refractivity contribution >= 4 is 44.8 Å². The molecular weight excluding hydrogens is 471 g/mol. The number of amides is 1. The highest BCUT2D eigenvalue weighted by atomic mass is 35.5. The summed E-state index contributed by atoms with van der Waals surface area (Å²) in [5.41, 5.74) is 1.36. The molecule has 0 saturated heterocycles. The summed E-state index contributed by atoms with van der Waals surface area (Å²) in [7, 11) is -3.58. The molecule has 0 aromatic heterocycles. The molecule has 0 aliphatic rings. The van der Waals surface area contributed by atoms with Crippen molar-refractivity contribution in [3.8, 4) is 5.75 Å². The number of carbonyl (C=O) groups excluding carboxylic acids is 1. The Balaban J connectivity index is 1.84. The van der Waals surface area contributed by atoms with Crippen LogP contribution < -0.4 is 14.4 Å². The lowest BCUT2D eigenvalue weighted by molar-refractivity contribution is -0.121. The van der Waals surface area contributed by atoms with Gasteiger partial charge in [-0.15, -0.1) is 0 Å². The van der Waals surface area contributed by atoms with Crippen molar-refractivity contribution < 1.29 is 17.9 Å². The van der Waals surface area contributed by atoms with Crippen molar-refractivity contribution in [2.75, 3.05) is 30.3 Å². The topological polar surface area (TPSA) is 75.7 Å². The number of nitrogens with one attached hydrogen (secondary N) is 1. The molecule has 0 unspecified atom stereocenters. The van der Waals surface area contributed by atoms with Crippen molar-refractivity contribution in [1.82, 2.24) is 5.32 Å². The third kappa shape index (κ3) is 7.87. The lowest BCUT2D eigenvalue weighted by Crippen LogP contribution is -2.33. The standard InChI is InChI=1S/C23H30Cl2N2O4S/c1-23(2,3)18-8-5-6-9-21(18)31-15-13-26-22(28)10-7-14-27(32(4,29)30)20-16-17(24)11-12-19(20)25/h5-6,8-9,11-12,16H,7,10,13-15H2,1-4H3,(H,26,28). The van der Waals surface area contributed by atoms with Crippen molar-refractivity contribution in [3.05, 3.63) is 58.1 Å². The van der Waals surface area contributed by atoms with Crippen LogP contribution >= 0.6 is 23.2 Å². The molecule has 2 aromatic carbocycles. The Labute approximate surface area is 200 Å². The van der Waals surface area contributed by atoms with Crippen LogP contribution in [-0.2, 0) is 20.2 Å². The molecule has 0 bridgehead atoms. The normalized spacial score (nSPS) is 11.8. The van der Waals surface area contributed by atoms with Crippen molar-refractivity contribution in [3.63, 3.8) is 0 Å². The number of hydrogen-bond acceptors (Lipinski definition) is 4. The number of halogens is 2. The first-order valence-electron chi connectivity index (χ1n) is 10.3. The number of carbonyl (C=O) groups is 1. The Morgan fingerprint density at radius 3 is 2.47 bits per heavy atom. The minimum Gasteiger partial charge on any atom is -0.491 e. The number of anilines is 1. The first-order chi connectivity index (χ1) is 14.9. The van der Waals surface area contributed by atoms with Gasteiger partial charge in [-0.1, -0.05) is 62.2 Å². The van der Waals surface area contributed by atoms with Gasteiger partial charge in [0, 0.05) is 18.0 Å². The van der Waals surface area contributed by atoms with E-state index in [-0.39, 0.29) is 29.3 Å². The van der Waals surface area contributed by atoms with Gasteiger partial charge in [0.1, 0.15) is 12.4 Å². The van der Waals surface area contributed by atoms with Crippen molar-refractivity contribution in [1.29, 1.82) is 0 Å². The number of rotatable bonds is 10. The Bertz CT molecular complexity index is 1040. The number of ether oxygens (including phenoxy) is 1. The fourth-order valence-corrected chi connectivity index (χ4v) is 4.58. The van der Waals surface area contributed by atoms with Gasteiger partial charge in [-0.3, -0.25) is 9.10 Å². The summed E-state index contributed by atoms with van der Waals surface area (Å²) in [4.78, 5) is 12.2. The highest BCUT2D eigenvalue weighted by Crippen LogP contribution is 2.31. The van der Waals surface area contributed by atoms with Crippen LogP contribution in [0.4, 0.5) is 5.69 Å². The van der Waals surface area contributed by atoms with Gasteiger partial charge >= 0.3 is 0 Å². The number of hydrogen-bond donors (Lipinski definition) is 1. The average Bonchev–Trinajstić information content (AvgIpc) is 2.69. The molecule has 0 radical (unpaired) electrons. The summed E-state index contributed by atoms with van der Waals surface area (Å²) in [5, 5.41) is 3.46. The smallest absolute Gasteiger partial charge is 0.232 e. The summed E-state index contributed by atoms with van der Waals surface area (Å²) in [6.45, 7) is 7.16. The molecule has 1 N–H and O–H groups in total. The maximum Gasteiger partial charge on any atom is 0.232 e. The van der Waals surface area contributed by atoms with Crippen molar-refractivity contribution in [2.45, 2.75) is 39.0 Å². The van der Waals surface area contributed by atoms with Crippen LogP contribution in [0.2, 0.25) is 10.0 Å². The van der Waals surface area contributed by atoms with Gasteiger partial charge in [0.25, 0.3) is 0 Å². The SMILES string of the molecule is CC(C)(C)c1ccccc1OCCNC(=O)CCCN(c1cc(Cl)ccc1Cl)S(C)(=O)=O. The van der Waals surface area contributed by atoms with E-state index >= 15 is 0 Å². The van der Waals surface area contributed by atoms with Crippen LogP contribution in [0.1, 0.15) is 39.2 Å². The monoisotopic (exact) mass is 500 g/mol. The molecule has 1 amide bonds. The number of nitrogens with zero attached hydrogens (tertiary/aromatic N) is 1. The van der Waals surface area contributed by atoms with Gasteiger partial charge in [-0.05, 0) is 41.7 Å². The average molecular weight is 501 g/mol. The van der Waals surface area contributed by atoms with E-state index in [0.717, 1.165) is 17.6 Å². The summed E-state index contributed by atoms with van der Waals surface area (Å²) in [5.74, 6) is 0.625. The van der Waals surface area contributed by atoms with E-state index < -0.39 is 10.0 Å². The van der Waals surface area contributed by atoms with Gasteiger partial charge in [-0.25, -0.2) is 8.42 Å². The Kier molecular flexibility index (Phi) is 9.25.